The third-order valence-corrected chi connectivity index (χ3v) is 6.07. The van der Waals surface area contributed by atoms with Crippen LogP contribution in [-0.4, -0.2) is 28.5 Å². The van der Waals surface area contributed by atoms with Gasteiger partial charge in [0.2, 0.25) is 0 Å². The molecule has 0 aliphatic heterocycles. The molecule has 0 atom stereocenters. The van der Waals surface area contributed by atoms with Gasteiger partial charge >= 0.3 is 0 Å². The Morgan fingerprint density at radius 3 is 2.21 bits per heavy atom. The lowest BCUT2D eigenvalue weighted by Gasteiger charge is -2.11. The molecule has 1 aromatic heterocycles. The van der Waals surface area contributed by atoms with E-state index in [1.165, 1.54) is 26.4 Å². The molecular formula is C19H18N2O5S2. The molecule has 0 radical (unpaired) electrons. The number of hydrogen-bond donors (Lipinski definition) is 2. The van der Waals surface area contributed by atoms with E-state index in [-0.39, 0.29) is 15.5 Å². The van der Waals surface area contributed by atoms with Crippen molar-refractivity contribution < 1.29 is 22.7 Å². The Bertz CT molecular complexity index is 1060. The first-order valence-corrected chi connectivity index (χ1v) is 10.5. The summed E-state index contributed by atoms with van der Waals surface area (Å²) >= 11 is 1.13. The number of rotatable bonds is 7. The summed E-state index contributed by atoms with van der Waals surface area (Å²) in [4.78, 5) is 13.1. The van der Waals surface area contributed by atoms with E-state index in [2.05, 4.69) is 10.0 Å². The number of carbonyl (C=O) groups excluding carboxylic acids is 1. The lowest BCUT2D eigenvalue weighted by molar-refractivity contribution is 0.103. The first kappa shape index (κ1) is 19.7. The summed E-state index contributed by atoms with van der Waals surface area (Å²) in [5.41, 5.74) is 0.674. The van der Waals surface area contributed by atoms with Crippen LogP contribution in [0.1, 0.15) is 9.67 Å². The molecule has 2 aromatic carbocycles. The number of ether oxygens (including phenoxy) is 2. The Kier molecular flexibility index (Phi) is 5.86. The number of sulfonamides is 1. The summed E-state index contributed by atoms with van der Waals surface area (Å²) < 4.78 is 37.9. The number of nitrogens with one attached hydrogen (secondary N) is 2. The average Bonchev–Trinajstić information content (AvgIpc) is 3.15. The van der Waals surface area contributed by atoms with E-state index < -0.39 is 15.9 Å². The highest BCUT2D eigenvalue weighted by Crippen LogP contribution is 2.29. The molecule has 7 nitrogen and oxygen atoms in total. The molecule has 0 aliphatic rings. The van der Waals surface area contributed by atoms with Crippen molar-refractivity contribution >= 4 is 38.6 Å². The van der Waals surface area contributed by atoms with Crippen LogP contribution in [-0.2, 0) is 10.0 Å². The van der Waals surface area contributed by atoms with Gasteiger partial charge in [0.25, 0.3) is 15.9 Å². The van der Waals surface area contributed by atoms with Crippen LogP contribution in [0.25, 0.3) is 0 Å². The van der Waals surface area contributed by atoms with Crippen molar-refractivity contribution in [2.45, 2.75) is 4.90 Å². The second-order valence-electron chi connectivity index (χ2n) is 5.64. The zero-order valence-corrected chi connectivity index (χ0v) is 16.8. The van der Waals surface area contributed by atoms with E-state index >= 15 is 0 Å². The molecular weight excluding hydrogens is 400 g/mol. The molecule has 0 saturated heterocycles. The number of thiophene rings is 1. The lowest BCUT2D eigenvalue weighted by Crippen LogP contribution is -2.17. The largest absolute Gasteiger partial charge is 0.497 e. The SMILES string of the molecule is COc1cc(NC(=O)c2sccc2NS(=O)(=O)c2ccccc2)cc(OC)c1. The summed E-state index contributed by atoms with van der Waals surface area (Å²) in [6.07, 6.45) is 0. The molecule has 3 aromatic rings. The molecule has 0 fully saturated rings. The third kappa shape index (κ3) is 4.44. The van der Waals surface area contributed by atoms with E-state index in [9.17, 15) is 13.2 Å². The Morgan fingerprint density at radius 2 is 1.61 bits per heavy atom. The van der Waals surface area contributed by atoms with E-state index in [1.54, 1.807) is 47.8 Å². The fourth-order valence-corrected chi connectivity index (χ4v) is 4.34. The van der Waals surface area contributed by atoms with Crippen molar-refractivity contribution in [2.75, 3.05) is 24.3 Å². The predicted octanol–water partition coefficient (Wildman–Crippen LogP) is 3.82. The van der Waals surface area contributed by atoms with Gasteiger partial charge in [-0.25, -0.2) is 8.42 Å². The zero-order valence-electron chi connectivity index (χ0n) is 15.1. The van der Waals surface area contributed by atoms with Crippen molar-refractivity contribution in [1.29, 1.82) is 0 Å². The fraction of sp³-hybridized carbons (Fsp3) is 0.105. The maximum Gasteiger partial charge on any atom is 0.267 e. The monoisotopic (exact) mass is 418 g/mol. The highest BCUT2D eigenvalue weighted by molar-refractivity contribution is 7.92. The van der Waals surface area contributed by atoms with Gasteiger partial charge in [-0.3, -0.25) is 9.52 Å². The summed E-state index contributed by atoms with van der Waals surface area (Å²) in [6, 6.07) is 14.5. The van der Waals surface area contributed by atoms with Crippen LogP contribution in [0.5, 0.6) is 11.5 Å². The Labute approximate surface area is 167 Å². The summed E-state index contributed by atoms with van der Waals surface area (Å²) in [6.45, 7) is 0. The number of benzene rings is 2. The second kappa shape index (κ2) is 8.32. The smallest absolute Gasteiger partial charge is 0.267 e. The van der Waals surface area contributed by atoms with Crippen molar-refractivity contribution in [3.8, 4) is 11.5 Å². The number of amides is 1. The van der Waals surface area contributed by atoms with Crippen LogP contribution in [0.15, 0.2) is 64.9 Å². The highest BCUT2D eigenvalue weighted by Gasteiger charge is 2.20. The number of hydrogen-bond acceptors (Lipinski definition) is 6. The maximum atomic E-state index is 12.7. The Morgan fingerprint density at radius 1 is 0.964 bits per heavy atom. The standard InChI is InChI=1S/C19H18N2O5S2/c1-25-14-10-13(11-15(12-14)26-2)20-19(22)18-17(8-9-27-18)21-28(23,24)16-6-4-3-5-7-16/h3-12,21H,1-2H3,(H,20,22). The van der Waals surface area contributed by atoms with E-state index in [4.69, 9.17) is 9.47 Å². The van der Waals surface area contributed by atoms with Crippen LogP contribution in [0.4, 0.5) is 11.4 Å². The number of anilines is 2. The minimum atomic E-state index is -3.80. The highest BCUT2D eigenvalue weighted by atomic mass is 32.2. The van der Waals surface area contributed by atoms with Crippen LogP contribution < -0.4 is 19.5 Å². The second-order valence-corrected chi connectivity index (χ2v) is 8.24. The van der Waals surface area contributed by atoms with E-state index in [1.807, 2.05) is 0 Å². The first-order chi connectivity index (χ1) is 13.4. The molecule has 0 spiro atoms. The number of carbonyl (C=O) groups is 1. The van der Waals surface area contributed by atoms with Gasteiger partial charge in [0.05, 0.1) is 24.8 Å². The first-order valence-electron chi connectivity index (χ1n) is 8.13. The molecule has 3 rings (SSSR count). The molecule has 9 heteroatoms. The molecule has 0 unspecified atom stereocenters. The van der Waals surface area contributed by atoms with Gasteiger partial charge in [0, 0.05) is 23.9 Å². The van der Waals surface area contributed by atoms with Crippen LogP contribution in [0, 0.1) is 0 Å². The lowest BCUT2D eigenvalue weighted by atomic mass is 10.2. The van der Waals surface area contributed by atoms with E-state index in [0.717, 1.165) is 11.3 Å². The van der Waals surface area contributed by atoms with Gasteiger partial charge < -0.3 is 14.8 Å². The molecule has 0 aliphatic carbocycles. The number of methoxy groups -OCH3 is 2. The summed E-state index contributed by atoms with van der Waals surface area (Å²) in [5.74, 6) is 0.590. The van der Waals surface area contributed by atoms with Gasteiger partial charge in [-0.15, -0.1) is 11.3 Å². The van der Waals surface area contributed by atoms with Gasteiger partial charge in [-0.05, 0) is 23.6 Å². The molecule has 146 valence electrons. The quantitative estimate of drug-likeness (QED) is 0.608. The fourth-order valence-electron chi connectivity index (χ4n) is 2.44. The van der Waals surface area contributed by atoms with Crippen molar-refractivity contribution in [2.24, 2.45) is 0 Å². The minimum absolute atomic E-state index is 0.116. The maximum absolute atomic E-state index is 12.7. The summed E-state index contributed by atoms with van der Waals surface area (Å²) in [7, 11) is -0.777. The van der Waals surface area contributed by atoms with Crippen LogP contribution in [0.2, 0.25) is 0 Å². The van der Waals surface area contributed by atoms with Gasteiger partial charge in [-0.1, -0.05) is 18.2 Å². The molecule has 2 N–H and O–H groups in total. The Hall–Kier alpha value is -3.04. The molecule has 1 heterocycles. The summed E-state index contributed by atoms with van der Waals surface area (Å²) in [5, 5.41) is 4.38. The minimum Gasteiger partial charge on any atom is -0.497 e. The van der Waals surface area contributed by atoms with Crippen molar-refractivity contribution in [3.05, 3.63) is 64.9 Å². The third-order valence-electron chi connectivity index (χ3n) is 3.78. The van der Waals surface area contributed by atoms with Gasteiger partial charge in [-0.2, -0.15) is 0 Å². The topological polar surface area (TPSA) is 93.7 Å². The normalized spacial score (nSPS) is 10.9. The van der Waals surface area contributed by atoms with Gasteiger partial charge in [0.15, 0.2) is 0 Å². The van der Waals surface area contributed by atoms with Crippen molar-refractivity contribution in [3.63, 3.8) is 0 Å². The van der Waals surface area contributed by atoms with Crippen molar-refractivity contribution in [1.82, 2.24) is 0 Å². The van der Waals surface area contributed by atoms with Crippen LogP contribution in [0.3, 0.4) is 0 Å². The zero-order chi connectivity index (χ0) is 20.1. The molecule has 0 saturated carbocycles. The predicted molar refractivity (Wildman–Crippen MR) is 109 cm³/mol. The average molecular weight is 418 g/mol. The van der Waals surface area contributed by atoms with E-state index in [0.29, 0.717) is 17.2 Å². The van der Waals surface area contributed by atoms with Crippen LogP contribution >= 0.6 is 11.3 Å². The van der Waals surface area contributed by atoms with Gasteiger partial charge in [0.1, 0.15) is 16.4 Å². The molecule has 0 bridgehead atoms. The molecule has 28 heavy (non-hydrogen) atoms. The Balaban J connectivity index is 1.83. The molecule has 1 amide bonds.